The second-order valence-corrected chi connectivity index (χ2v) is 9.22. The molecule has 2 bridgehead atoms. The number of H-pyrrole nitrogens is 1. The maximum atomic E-state index is 13.6. The molecule has 0 radical (unpaired) electrons. The molecule has 5 rings (SSSR count). The van der Waals surface area contributed by atoms with E-state index < -0.39 is 0 Å². The number of rotatable bonds is 3. The zero-order valence-electron chi connectivity index (χ0n) is 17.3. The van der Waals surface area contributed by atoms with Crippen LogP contribution in [0.5, 0.6) is 0 Å². The number of benzene rings is 1. The molecule has 2 aromatic rings. The van der Waals surface area contributed by atoms with Crippen molar-refractivity contribution in [3.63, 3.8) is 0 Å². The Morgan fingerprint density at radius 1 is 1.17 bits per heavy atom. The van der Waals surface area contributed by atoms with Crippen LogP contribution >= 0.6 is 0 Å². The molecule has 5 heteroatoms. The fraction of sp³-hybridized carbons (Fsp3) is 0.583. The number of carbonyl (C=O) groups is 1. The van der Waals surface area contributed by atoms with Gasteiger partial charge in [-0.05, 0) is 50.1 Å². The SMILES string of the molecule is CCC[C@H]1[C@H]2C[C@H](CN(C(=O)c3cc(=O)[nH]c4ccccc34)C2)[C@@H]2CCCCN21. The van der Waals surface area contributed by atoms with Crippen molar-refractivity contribution in [1.82, 2.24) is 14.8 Å². The Balaban J connectivity index is 1.47. The Hall–Kier alpha value is -2.14. The van der Waals surface area contributed by atoms with E-state index in [1.165, 1.54) is 51.1 Å². The van der Waals surface area contributed by atoms with E-state index in [4.69, 9.17) is 0 Å². The highest BCUT2D eigenvalue weighted by molar-refractivity contribution is 6.06. The van der Waals surface area contributed by atoms with E-state index in [1.54, 1.807) is 0 Å². The number of aromatic nitrogens is 1. The second kappa shape index (κ2) is 7.60. The van der Waals surface area contributed by atoms with E-state index in [1.807, 2.05) is 24.3 Å². The summed E-state index contributed by atoms with van der Waals surface area (Å²) in [6.07, 6.45) is 7.58. The molecular formula is C24H31N3O2. The molecule has 0 saturated carbocycles. The summed E-state index contributed by atoms with van der Waals surface area (Å²) in [6, 6.07) is 10.4. The average molecular weight is 394 g/mol. The summed E-state index contributed by atoms with van der Waals surface area (Å²) in [5.41, 5.74) is 1.09. The van der Waals surface area contributed by atoms with Gasteiger partial charge < -0.3 is 9.88 Å². The number of carbonyl (C=O) groups excluding carboxylic acids is 1. The highest BCUT2D eigenvalue weighted by Crippen LogP contribution is 2.42. The normalized spacial score (nSPS) is 29.6. The van der Waals surface area contributed by atoms with Gasteiger partial charge in [0.05, 0.1) is 5.56 Å². The molecule has 0 unspecified atom stereocenters. The van der Waals surface area contributed by atoms with Crippen LogP contribution in [0.1, 0.15) is 55.8 Å². The van der Waals surface area contributed by atoms with Crippen molar-refractivity contribution in [3.05, 3.63) is 46.2 Å². The van der Waals surface area contributed by atoms with Crippen molar-refractivity contribution < 1.29 is 4.79 Å². The van der Waals surface area contributed by atoms with Crippen molar-refractivity contribution in [2.75, 3.05) is 19.6 Å². The molecule has 29 heavy (non-hydrogen) atoms. The monoisotopic (exact) mass is 393 g/mol. The van der Waals surface area contributed by atoms with Gasteiger partial charge in [0.2, 0.25) is 5.56 Å². The van der Waals surface area contributed by atoms with Gasteiger partial charge in [-0.3, -0.25) is 14.5 Å². The zero-order chi connectivity index (χ0) is 20.0. The summed E-state index contributed by atoms with van der Waals surface area (Å²) >= 11 is 0. The summed E-state index contributed by atoms with van der Waals surface area (Å²) < 4.78 is 0. The summed E-state index contributed by atoms with van der Waals surface area (Å²) in [5, 5.41) is 0.845. The molecule has 154 valence electrons. The quantitative estimate of drug-likeness (QED) is 0.866. The lowest BCUT2D eigenvalue weighted by atomic mass is 9.71. The number of para-hydroxylation sites is 1. The lowest BCUT2D eigenvalue weighted by molar-refractivity contribution is -0.0670. The predicted molar refractivity (Wildman–Crippen MR) is 115 cm³/mol. The van der Waals surface area contributed by atoms with Crippen LogP contribution in [-0.2, 0) is 0 Å². The van der Waals surface area contributed by atoms with Gasteiger partial charge in [-0.1, -0.05) is 38.0 Å². The van der Waals surface area contributed by atoms with Crippen molar-refractivity contribution in [1.29, 1.82) is 0 Å². The minimum absolute atomic E-state index is 0.0292. The molecule has 3 aliphatic heterocycles. The van der Waals surface area contributed by atoms with Gasteiger partial charge in [-0.2, -0.15) is 0 Å². The van der Waals surface area contributed by atoms with Crippen LogP contribution in [0.25, 0.3) is 10.9 Å². The number of amides is 1. The third kappa shape index (κ3) is 3.29. The van der Waals surface area contributed by atoms with E-state index in [0.717, 1.165) is 24.0 Å². The fourth-order valence-electron chi connectivity index (χ4n) is 6.32. The number of hydrogen-bond acceptors (Lipinski definition) is 3. The number of nitrogens with zero attached hydrogens (tertiary/aromatic N) is 2. The van der Waals surface area contributed by atoms with Crippen molar-refractivity contribution in [2.24, 2.45) is 11.8 Å². The Morgan fingerprint density at radius 2 is 2.00 bits per heavy atom. The lowest BCUT2D eigenvalue weighted by Gasteiger charge is -2.57. The standard InChI is InChI=1S/C24H31N3O2/c1-2-7-21-16-12-17(22-10-5-6-11-27(21)22)15-26(14-16)24(29)19-13-23(28)25-20-9-4-3-8-18(19)20/h3-4,8-9,13,16-17,21-22H,2,5-7,10-12,14-15H2,1H3,(H,25,28)/t16-,17+,21-,22-/m0/s1. The molecule has 3 fully saturated rings. The number of pyridine rings is 1. The first-order valence-corrected chi connectivity index (χ1v) is 11.3. The average Bonchev–Trinajstić information content (AvgIpc) is 2.75. The third-order valence-corrected chi connectivity index (χ3v) is 7.47. The molecular weight excluding hydrogens is 362 g/mol. The molecule has 4 heterocycles. The topological polar surface area (TPSA) is 56.4 Å². The number of likely N-dealkylation sites (tertiary alicyclic amines) is 1. The van der Waals surface area contributed by atoms with Crippen LogP contribution in [0.15, 0.2) is 35.1 Å². The van der Waals surface area contributed by atoms with Crippen LogP contribution < -0.4 is 5.56 Å². The smallest absolute Gasteiger partial charge is 0.254 e. The summed E-state index contributed by atoms with van der Waals surface area (Å²) in [5.74, 6) is 1.15. The summed E-state index contributed by atoms with van der Waals surface area (Å²) in [7, 11) is 0. The van der Waals surface area contributed by atoms with Crippen LogP contribution in [-0.4, -0.2) is 52.4 Å². The van der Waals surface area contributed by atoms with Gasteiger partial charge >= 0.3 is 0 Å². The van der Waals surface area contributed by atoms with Crippen molar-refractivity contribution in [2.45, 2.75) is 57.5 Å². The Labute approximate surface area is 172 Å². The van der Waals surface area contributed by atoms with E-state index in [0.29, 0.717) is 29.5 Å². The molecule has 1 amide bonds. The van der Waals surface area contributed by atoms with Crippen molar-refractivity contribution >= 4 is 16.8 Å². The number of aromatic amines is 1. The van der Waals surface area contributed by atoms with E-state index in [-0.39, 0.29) is 11.5 Å². The highest BCUT2D eigenvalue weighted by atomic mass is 16.2. The minimum Gasteiger partial charge on any atom is -0.338 e. The molecule has 1 N–H and O–H groups in total. The first kappa shape index (κ1) is 18.9. The second-order valence-electron chi connectivity index (χ2n) is 9.22. The molecule has 5 nitrogen and oxygen atoms in total. The zero-order valence-corrected chi connectivity index (χ0v) is 17.3. The molecule has 3 saturated heterocycles. The molecule has 1 aromatic carbocycles. The highest BCUT2D eigenvalue weighted by Gasteiger charge is 2.47. The maximum absolute atomic E-state index is 13.6. The number of fused-ring (bicyclic) bond motifs is 5. The lowest BCUT2D eigenvalue weighted by Crippen LogP contribution is -2.64. The molecule has 1 aromatic heterocycles. The van der Waals surface area contributed by atoms with E-state index in [2.05, 4.69) is 21.7 Å². The molecule has 3 aliphatic rings. The van der Waals surface area contributed by atoms with Crippen LogP contribution in [0.3, 0.4) is 0 Å². The summed E-state index contributed by atoms with van der Waals surface area (Å²) in [4.78, 5) is 33.5. The Morgan fingerprint density at radius 3 is 2.86 bits per heavy atom. The predicted octanol–water partition coefficient (Wildman–Crippen LogP) is 3.64. The molecule has 4 atom stereocenters. The van der Waals surface area contributed by atoms with Crippen molar-refractivity contribution in [3.8, 4) is 0 Å². The van der Waals surface area contributed by atoms with Crippen LogP contribution in [0.2, 0.25) is 0 Å². The fourth-order valence-corrected chi connectivity index (χ4v) is 6.32. The van der Waals surface area contributed by atoms with Gasteiger partial charge in [0.15, 0.2) is 0 Å². The third-order valence-electron chi connectivity index (χ3n) is 7.47. The number of hydrogen-bond donors (Lipinski definition) is 1. The van der Waals surface area contributed by atoms with E-state index in [9.17, 15) is 9.59 Å². The van der Waals surface area contributed by atoms with Gasteiger partial charge in [0, 0.05) is 42.1 Å². The summed E-state index contributed by atoms with van der Waals surface area (Å²) in [6.45, 7) is 5.16. The number of nitrogens with one attached hydrogen (secondary N) is 1. The largest absolute Gasteiger partial charge is 0.338 e. The van der Waals surface area contributed by atoms with Gasteiger partial charge in [0.1, 0.15) is 0 Å². The molecule has 0 spiro atoms. The van der Waals surface area contributed by atoms with Gasteiger partial charge in [0.25, 0.3) is 5.91 Å². The Kier molecular flexibility index (Phi) is 4.94. The molecule has 0 aliphatic carbocycles. The Bertz CT molecular complexity index is 968. The maximum Gasteiger partial charge on any atom is 0.254 e. The van der Waals surface area contributed by atoms with Gasteiger partial charge in [-0.15, -0.1) is 0 Å². The number of piperidine rings is 3. The van der Waals surface area contributed by atoms with Gasteiger partial charge in [-0.25, -0.2) is 0 Å². The van der Waals surface area contributed by atoms with E-state index >= 15 is 0 Å². The first-order valence-electron chi connectivity index (χ1n) is 11.3. The van der Waals surface area contributed by atoms with Crippen LogP contribution in [0, 0.1) is 11.8 Å². The minimum atomic E-state index is -0.202. The van der Waals surface area contributed by atoms with Crippen LogP contribution in [0.4, 0.5) is 0 Å². The first-order chi connectivity index (χ1) is 14.2.